The molecule has 0 amide bonds. The van der Waals surface area contributed by atoms with Crippen LogP contribution in [0.1, 0.15) is 11.6 Å². The van der Waals surface area contributed by atoms with E-state index in [0.29, 0.717) is 24.4 Å². The van der Waals surface area contributed by atoms with Gasteiger partial charge in [0.1, 0.15) is 11.5 Å². The Balaban J connectivity index is 0.00000264. The summed E-state index contributed by atoms with van der Waals surface area (Å²) in [5.74, 6) is 0.101. The molecule has 9 heteroatoms. The molecule has 0 aliphatic carbocycles. The Morgan fingerprint density at radius 1 is 1.30 bits per heavy atom. The molecule has 0 bridgehead atoms. The van der Waals surface area contributed by atoms with Gasteiger partial charge >= 0.3 is 6.36 Å². The van der Waals surface area contributed by atoms with Crippen molar-refractivity contribution in [1.82, 2.24) is 10.2 Å². The van der Waals surface area contributed by atoms with Gasteiger partial charge in [0.15, 0.2) is 0 Å². The van der Waals surface area contributed by atoms with Crippen molar-refractivity contribution in [1.29, 1.82) is 0 Å². The lowest BCUT2D eigenvalue weighted by Crippen LogP contribution is -2.46. The van der Waals surface area contributed by atoms with Crippen molar-refractivity contribution in [2.24, 2.45) is 0 Å². The molecular weight excluding hydrogens is 337 g/mol. The second-order valence-electron chi connectivity index (χ2n) is 4.94. The normalized spacial score (nSPS) is 17.3. The summed E-state index contributed by atoms with van der Waals surface area (Å²) in [7, 11) is 1.44. The fourth-order valence-electron chi connectivity index (χ4n) is 2.57. The van der Waals surface area contributed by atoms with Crippen LogP contribution >= 0.6 is 12.4 Å². The Morgan fingerprint density at radius 2 is 1.96 bits per heavy atom. The van der Waals surface area contributed by atoms with Crippen molar-refractivity contribution < 1.29 is 27.8 Å². The predicted octanol–water partition coefficient (Wildman–Crippen LogP) is 1.95. The molecule has 0 unspecified atom stereocenters. The third-order valence-electron chi connectivity index (χ3n) is 3.56. The molecule has 2 N–H and O–H groups in total. The van der Waals surface area contributed by atoms with Crippen LogP contribution in [0.2, 0.25) is 0 Å². The number of nitrogens with one attached hydrogen (secondary N) is 1. The van der Waals surface area contributed by atoms with Gasteiger partial charge in [-0.15, -0.1) is 25.6 Å². The Bertz CT molecular complexity index is 497. The number of methoxy groups -OCH3 is 1. The molecule has 1 aliphatic heterocycles. The highest BCUT2D eigenvalue weighted by molar-refractivity contribution is 5.85. The van der Waals surface area contributed by atoms with E-state index >= 15 is 0 Å². The molecular formula is C14H20ClF3N2O3. The zero-order chi connectivity index (χ0) is 16.2. The van der Waals surface area contributed by atoms with Crippen molar-refractivity contribution in [2.75, 3.05) is 39.9 Å². The molecule has 1 heterocycles. The zero-order valence-electron chi connectivity index (χ0n) is 12.6. The van der Waals surface area contributed by atoms with Crippen molar-refractivity contribution in [3.05, 3.63) is 23.8 Å². The largest absolute Gasteiger partial charge is 0.573 e. The Hall–Kier alpha value is -1.22. The minimum atomic E-state index is -4.75. The lowest BCUT2D eigenvalue weighted by Gasteiger charge is -2.34. The van der Waals surface area contributed by atoms with Crippen molar-refractivity contribution >= 4 is 12.4 Å². The van der Waals surface area contributed by atoms with Crippen LogP contribution in [-0.2, 0) is 0 Å². The lowest BCUT2D eigenvalue weighted by molar-refractivity contribution is -0.274. The minimum absolute atomic E-state index is 0. The molecule has 0 saturated carbocycles. The van der Waals surface area contributed by atoms with Gasteiger partial charge in [-0.25, -0.2) is 0 Å². The number of nitrogens with zero attached hydrogens (tertiary/aromatic N) is 1. The topological polar surface area (TPSA) is 54.0 Å². The van der Waals surface area contributed by atoms with Gasteiger partial charge in [0.05, 0.1) is 19.8 Å². The number of benzene rings is 1. The molecule has 1 aromatic rings. The zero-order valence-corrected chi connectivity index (χ0v) is 13.4. The second kappa shape index (κ2) is 8.58. The van der Waals surface area contributed by atoms with Gasteiger partial charge in [-0.1, -0.05) is 0 Å². The third-order valence-corrected chi connectivity index (χ3v) is 3.56. The van der Waals surface area contributed by atoms with E-state index < -0.39 is 12.4 Å². The highest BCUT2D eigenvalue weighted by Gasteiger charge is 2.32. The van der Waals surface area contributed by atoms with Crippen LogP contribution in [0.25, 0.3) is 0 Å². The highest BCUT2D eigenvalue weighted by atomic mass is 35.5. The maximum Gasteiger partial charge on any atom is 0.573 e. The van der Waals surface area contributed by atoms with Crippen LogP contribution in [0.5, 0.6) is 11.5 Å². The standard InChI is InChI=1S/C14H19F3N2O3.ClH/c1-21-13-3-2-10(22-14(15,16)17)8-11(13)12(9-20)19-6-4-18-5-7-19;/h2-3,8,12,18,20H,4-7,9H2,1H3;1H/t12-;/m0./s1. The van der Waals surface area contributed by atoms with E-state index in [1.165, 1.54) is 25.3 Å². The summed E-state index contributed by atoms with van der Waals surface area (Å²) in [6.45, 7) is 2.69. The number of aliphatic hydroxyl groups is 1. The average Bonchev–Trinajstić information content (AvgIpc) is 2.48. The van der Waals surface area contributed by atoms with E-state index in [2.05, 4.69) is 10.1 Å². The number of aliphatic hydroxyl groups excluding tert-OH is 1. The number of piperazine rings is 1. The fraction of sp³-hybridized carbons (Fsp3) is 0.571. The van der Waals surface area contributed by atoms with Gasteiger partial charge in [-0.2, -0.15) is 0 Å². The molecule has 132 valence electrons. The molecule has 1 atom stereocenters. The SMILES string of the molecule is COc1ccc(OC(F)(F)F)cc1[C@H](CO)N1CCNCC1.Cl. The Morgan fingerprint density at radius 3 is 2.48 bits per heavy atom. The summed E-state index contributed by atoms with van der Waals surface area (Å²) in [5, 5.41) is 12.9. The van der Waals surface area contributed by atoms with E-state index in [1.54, 1.807) is 0 Å². The van der Waals surface area contributed by atoms with Crippen LogP contribution < -0.4 is 14.8 Å². The van der Waals surface area contributed by atoms with Gasteiger partial charge < -0.3 is 19.9 Å². The van der Waals surface area contributed by atoms with Crippen LogP contribution in [0.3, 0.4) is 0 Å². The molecule has 0 radical (unpaired) electrons. The monoisotopic (exact) mass is 356 g/mol. The first kappa shape index (κ1) is 19.8. The third kappa shape index (κ3) is 5.42. The van der Waals surface area contributed by atoms with Gasteiger partial charge in [0.2, 0.25) is 0 Å². The summed E-state index contributed by atoms with van der Waals surface area (Å²) < 4.78 is 46.3. The minimum Gasteiger partial charge on any atom is -0.496 e. The predicted molar refractivity (Wildman–Crippen MR) is 81.2 cm³/mol. The number of alkyl halides is 3. The summed E-state index contributed by atoms with van der Waals surface area (Å²) in [4.78, 5) is 2.01. The summed E-state index contributed by atoms with van der Waals surface area (Å²) >= 11 is 0. The van der Waals surface area contributed by atoms with E-state index in [-0.39, 0.29) is 24.8 Å². The van der Waals surface area contributed by atoms with Crippen LogP contribution in [0.4, 0.5) is 13.2 Å². The maximum absolute atomic E-state index is 12.4. The smallest absolute Gasteiger partial charge is 0.496 e. The molecule has 1 aromatic carbocycles. The van der Waals surface area contributed by atoms with Crippen molar-refractivity contribution in [3.8, 4) is 11.5 Å². The highest BCUT2D eigenvalue weighted by Crippen LogP contribution is 2.34. The Kier molecular flexibility index (Phi) is 7.40. The average molecular weight is 357 g/mol. The molecule has 0 aromatic heterocycles. The number of ether oxygens (including phenoxy) is 2. The van der Waals surface area contributed by atoms with Gasteiger partial charge in [0.25, 0.3) is 0 Å². The first-order chi connectivity index (χ1) is 10.4. The number of hydrogen-bond acceptors (Lipinski definition) is 5. The molecule has 1 aliphatic rings. The fourth-order valence-corrected chi connectivity index (χ4v) is 2.57. The molecule has 1 fully saturated rings. The van der Waals surface area contributed by atoms with Crippen LogP contribution in [-0.4, -0.2) is 56.3 Å². The summed E-state index contributed by atoms with van der Waals surface area (Å²) in [6.07, 6.45) is -4.75. The van der Waals surface area contributed by atoms with Crippen molar-refractivity contribution in [3.63, 3.8) is 0 Å². The van der Waals surface area contributed by atoms with Crippen molar-refractivity contribution in [2.45, 2.75) is 12.4 Å². The quantitative estimate of drug-likeness (QED) is 0.844. The molecule has 1 saturated heterocycles. The number of hydrogen-bond donors (Lipinski definition) is 2. The number of halogens is 4. The van der Waals surface area contributed by atoms with E-state index in [9.17, 15) is 18.3 Å². The van der Waals surface area contributed by atoms with E-state index in [0.717, 1.165) is 13.1 Å². The van der Waals surface area contributed by atoms with Crippen LogP contribution in [0, 0.1) is 0 Å². The first-order valence-electron chi connectivity index (χ1n) is 6.94. The maximum atomic E-state index is 12.4. The number of rotatable bonds is 5. The van der Waals surface area contributed by atoms with E-state index in [1.807, 2.05) is 4.90 Å². The first-order valence-corrected chi connectivity index (χ1v) is 6.94. The van der Waals surface area contributed by atoms with Gasteiger partial charge in [-0.05, 0) is 18.2 Å². The van der Waals surface area contributed by atoms with Gasteiger partial charge in [-0.3, -0.25) is 4.90 Å². The molecule has 23 heavy (non-hydrogen) atoms. The van der Waals surface area contributed by atoms with Gasteiger partial charge in [0, 0.05) is 31.7 Å². The van der Waals surface area contributed by atoms with E-state index in [4.69, 9.17) is 4.74 Å². The molecule has 2 rings (SSSR count). The Labute approximate surface area is 138 Å². The summed E-state index contributed by atoms with van der Waals surface area (Å²) in [5.41, 5.74) is 0.480. The second-order valence-corrected chi connectivity index (χ2v) is 4.94. The van der Waals surface area contributed by atoms with Crippen LogP contribution in [0.15, 0.2) is 18.2 Å². The summed E-state index contributed by atoms with van der Waals surface area (Å²) in [6, 6.07) is 3.45. The lowest BCUT2D eigenvalue weighted by atomic mass is 10.0. The molecule has 0 spiro atoms. The molecule has 5 nitrogen and oxygen atoms in total.